The van der Waals surface area contributed by atoms with Gasteiger partial charge in [-0.05, 0) is 0 Å². The summed E-state index contributed by atoms with van der Waals surface area (Å²) < 4.78 is 1.29. The van der Waals surface area contributed by atoms with Crippen LogP contribution in [0.1, 0.15) is 26.3 Å². The molecule has 68 valence electrons. The van der Waals surface area contributed by atoms with E-state index in [0.717, 1.165) is 0 Å². The Morgan fingerprint density at radius 1 is 1.08 bits per heavy atom. The number of rotatable bonds is 1. The van der Waals surface area contributed by atoms with E-state index in [1.807, 2.05) is 0 Å². The molecule has 0 nitrogen and oxygen atoms in total. The molecule has 12 heavy (non-hydrogen) atoms. The second-order valence-electron chi connectivity index (χ2n) is 3.83. The summed E-state index contributed by atoms with van der Waals surface area (Å²) in [4.78, 5) is 0. The van der Waals surface area contributed by atoms with Crippen molar-refractivity contribution in [2.75, 3.05) is 0 Å². The first-order chi connectivity index (χ1) is 5.54. The van der Waals surface area contributed by atoms with Gasteiger partial charge in [0, 0.05) is 0 Å². The van der Waals surface area contributed by atoms with E-state index in [-0.39, 0.29) is 25.5 Å². The maximum atomic E-state index is 5.80. The van der Waals surface area contributed by atoms with Crippen LogP contribution in [0.5, 0.6) is 0 Å². The second-order valence-corrected chi connectivity index (χ2v) is 6.44. The van der Waals surface area contributed by atoms with Crippen LogP contribution in [-0.4, -0.2) is 0 Å². The van der Waals surface area contributed by atoms with Crippen molar-refractivity contribution >= 4 is 8.91 Å². The number of halogens is 2. The Kier molecular flexibility index (Phi) is 3.41. The fourth-order valence-corrected chi connectivity index (χ4v) is 2.27. The van der Waals surface area contributed by atoms with Gasteiger partial charge in [-0.25, -0.2) is 0 Å². The molecule has 2 heteroatoms. The molecule has 0 atom stereocenters. The summed E-state index contributed by atoms with van der Waals surface area (Å²) in [5.41, 5.74) is 1.63. The van der Waals surface area contributed by atoms with Gasteiger partial charge in [-0.2, -0.15) is 0 Å². The van der Waals surface area contributed by atoms with Crippen molar-refractivity contribution < 1.29 is 20.1 Å². The van der Waals surface area contributed by atoms with Crippen LogP contribution < -0.4 is 20.1 Å². The average Bonchev–Trinajstić information content (AvgIpc) is 2.03. The third-order valence-electron chi connectivity index (χ3n) is 1.79. The first-order valence-corrected chi connectivity index (χ1v) is 7.71. The molecule has 0 unspecified atom stereocenters. The van der Waals surface area contributed by atoms with Gasteiger partial charge in [0.15, 0.2) is 0 Å². The molecule has 1 aromatic carbocycles. The first-order valence-electron chi connectivity index (χ1n) is 3.90. The van der Waals surface area contributed by atoms with E-state index in [9.17, 15) is 0 Å². The molecule has 0 saturated heterocycles. The van der Waals surface area contributed by atoms with E-state index < -0.39 is 0 Å². The van der Waals surface area contributed by atoms with E-state index in [4.69, 9.17) is 8.91 Å². The van der Waals surface area contributed by atoms with E-state index >= 15 is 0 Å². The van der Waals surface area contributed by atoms with Gasteiger partial charge in [0.05, 0.1) is 0 Å². The van der Waals surface area contributed by atoms with Gasteiger partial charge in [-0.1, -0.05) is 0 Å². The molecule has 0 aliphatic carbocycles. The summed E-state index contributed by atoms with van der Waals surface area (Å²) in [7, 11) is 5.80. The Morgan fingerprint density at radius 3 is 1.92 bits per heavy atom. The Labute approximate surface area is 88.3 Å². The molecular weight excluding hydrogens is 282 g/mol. The SMILES string of the molecule is CC(C)(C)c1ccc([I-]Cl)cc1. The third-order valence-corrected chi connectivity index (χ3v) is 4.09. The van der Waals surface area contributed by atoms with Gasteiger partial charge >= 0.3 is 88.6 Å². The topological polar surface area (TPSA) is 0 Å². The van der Waals surface area contributed by atoms with Gasteiger partial charge in [-0.15, -0.1) is 0 Å². The molecule has 1 aromatic rings. The van der Waals surface area contributed by atoms with Crippen molar-refractivity contribution in [2.45, 2.75) is 26.2 Å². The zero-order chi connectivity index (χ0) is 9.19. The molecule has 0 fully saturated rings. The minimum atomic E-state index is -0.268. The van der Waals surface area contributed by atoms with Crippen LogP contribution in [0.2, 0.25) is 0 Å². The summed E-state index contributed by atoms with van der Waals surface area (Å²) in [6, 6.07) is 8.64. The second kappa shape index (κ2) is 3.97. The van der Waals surface area contributed by atoms with Crippen molar-refractivity contribution in [1.29, 1.82) is 0 Å². The van der Waals surface area contributed by atoms with E-state index in [0.29, 0.717) is 0 Å². The van der Waals surface area contributed by atoms with Gasteiger partial charge in [0.2, 0.25) is 0 Å². The molecule has 0 saturated carbocycles. The summed E-state index contributed by atoms with van der Waals surface area (Å²) in [5, 5.41) is 0. The first kappa shape index (κ1) is 10.3. The molecule has 0 radical (unpaired) electrons. The van der Waals surface area contributed by atoms with Crippen LogP contribution in [0.3, 0.4) is 0 Å². The van der Waals surface area contributed by atoms with E-state index in [1.54, 1.807) is 0 Å². The monoisotopic (exact) mass is 295 g/mol. The number of hydrogen-bond donors (Lipinski definition) is 0. The summed E-state index contributed by atoms with van der Waals surface area (Å²) in [6.45, 7) is 6.66. The average molecular weight is 296 g/mol. The van der Waals surface area contributed by atoms with Crippen molar-refractivity contribution in [1.82, 2.24) is 0 Å². The number of benzene rings is 1. The Morgan fingerprint density at radius 2 is 1.58 bits per heavy atom. The summed E-state index contributed by atoms with van der Waals surface area (Å²) in [5.74, 6) is 0. The van der Waals surface area contributed by atoms with Crippen molar-refractivity contribution in [2.24, 2.45) is 0 Å². The van der Waals surface area contributed by atoms with E-state index in [1.165, 1.54) is 9.13 Å². The van der Waals surface area contributed by atoms with Crippen LogP contribution in [0.4, 0.5) is 0 Å². The van der Waals surface area contributed by atoms with E-state index in [2.05, 4.69) is 45.0 Å². The van der Waals surface area contributed by atoms with Gasteiger partial charge in [0.25, 0.3) is 0 Å². The third kappa shape index (κ3) is 2.63. The molecule has 0 bridgehead atoms. The van der Waals surface area contributed by atoms with Crippen LogP contribution in [0, 0.1) is 3.57 Å². The van der Waals surface area contributed by atoms with Gasteiger partial charge in [-0.3, -0.25) is 0 Å². The minimum absolute atomic E-state index is 0.253. The fourth-order valence-electron chi connectivity index (χ4n) is 0.998. The molecule has 0 aromatic heterocycles. The fraction of sp³-hybridized carbons (Fsp3) is 0.400. The molecule has 0 aliphatic rings. The zero-order valence-electron chi connectivity index (χ0n) is 7.57. The van der Waals surface area contributed by atoms with Crippen molar-refractivity contribution in [3.63, 3.8) is 0 Å². The normalized spacial score (nSPS) is 12.0. The molecular formula is C10H13ClI-. The predicted octanol–water partition coefficient (Wildman–Crippen LogP) is 0.397. The Balaban J connectivity index is 2.93. The van der Waals surface area contributed by atoms with Crippen molar-refractivity contribution in [3.8, 4) is 0 Å². The molecule has 0 spiro atoms. The zero-order valence-corrected chi connectivity index (χ0v) is 10.5. The van der Waals surface area contributed by atoms with Crippen LogP contribution in [0.25, 0.3) is 0 Å². The molecule has 0 N–H and O–H groups in total. The van der Waals surface area contributed by atoms with Crippen LogP contribution >= 0.6 is 8.91 Å². The number of hydrogen-bond acceptors (Lipinski definition) is 0. The van der Waals surface area contributed by atoms with Crippen LogP contribution in [0.15, 0.2) is 24.3 Å². The van der Waals surface area contributed by atoms with Crippen LogP contribution in [-0.2, 0) is 5.41 Å². The quantitative estimate of drug-likeness (QED) is 0.658. The predicted molar refractivity (Wildman–Crippen MR) is 49.7 cm³/mol. The Bertz CT molecular complexity index is 246. The van der Waals surface area contributed by atoms with Crippen molar-refractivity contribution in [3.05, 3.63) is 33.4 Å². The molecule has 0 heterocycles. The maximum absolute atomic E-state index is 5.80. The molecule has 0 amide bonds. The van der Waals surface area contributed by atoms with Gasteiger partial charge in [0.1, 0.15) is 0 Å². The summed E-state index contributed by atoms with van der Waals surface area (Å²) in [6.07, 6.45) is 0. The standard InChI is InChI=1S/C10H13ClI/c1-10(2,3)8-4-6-9(12-11)7-5-8/h4-7H,1-3H3/q-1. The summed E-state index contributed by atoms with van der Waals surface area (Å²) >= 11 is -0.268. The Hall–Kier alpha value is 0.240. The molecule has 0 aliphatic heterocycles. The van der Waals surface area contributed by atoms with Gasteiger partial charge < -0.3 is 0 Å². The molecule has 1 rings (SSSR count).